The highest BCUT2D eigenvalue weighted by atomic mass is 32.2. The van der Waals surface area contributed by atoms with Crippen molar-refractivity contribution >= 4 is 23.6 Å². The highest BCUT2D eigenvalue weighted by molar-refractivity contribution is 7.99. The Hall–Kier alpha value is -2.27. The van der Waals surface area contributed by atoms with Crippen LogP contribution in [0.15, 0.2) is 46.9 Å². The quantitative estimate of drug-likeness (QED) is 0.790. The van der Waals surface area contributed by atoms with Crippen molar-refractivity contribution in [2.45, 2.75) is 4.90 Å². The normalized spacial score (nSPS) is 15.4. The van der Waals surface area contributed by atoms with Crippen LogP contribution < -0.4 is 9.47 Å². The lowest BCUT2D eigenvalue weighted by Crippen LogP contribution is -2.12. The fourth-order valence-corrected chi connectivity index (χ4v) is 3.42. The summed E-state index contributed by atoms with van der Waals surface area (Å²) in [7, 11) is 3.15. The van der Waals surface area contributed by atoms with Crippen LogP contribution in [-0.4, -0.2) is 25.8 Å². The summed E-state index contributed by atoms with van der Waals surface area (Å²) in [4.78, 5) is 13.4. The molecule has 3 rings (SSSR count). The van der Waals surface area contributed by atoms with Crippen LogP contribution in [-0.2, 0) is 0 Å². The van der Waals surface area contributed by atoms with Gasteiger partial charge in [-0.1, -0.05) is 0 Å². The predicted octanol–water partition coefficient (Wildman–Crippen LogP) is 4.21. The van der Waals surface area contributed by atoms with Crippen molar-refractivity contribution < 1.29 is 18.7 Å². The van der Waals surface area contributed by atoms with Crippen LogP contribution in [0.25, 0.3) is 6.08 Å². The predicted molar refractivity (Wildman–Crippen MR) is 89.0 cm³/mol. The number of carbonyl (C=O) groups is 1. The summed E-state index contributed by atoms with van der Waals surface area (Å²) in [5.41, 5.74) is 1.86. The van der Waals surface area contributed by atoms with Crippen LogP contribution in [0.3, 0.4) is 0 Å². The Morgan fingerprint density at radius 1 is 1.09 bits per heavy atom. The molecule has 1 aliphatic rings. The topological polar surface area (TPSA) is 35.5 Å². The minimum absolute atomic E-state index is 0.139. The van der Waals surface area contributed by atoms with Gasteiger partial charge in [0.15, 0.2) is 5.78 Å². The van der Waals surface area contributed by atoms with Gasteiger partial charge < -0.3 is 9.47 Å². The molecule has 1 heterocycles. The molecule has 5 heteroatoms. The van der Waals surface area contributed by atoms with Crippen molar-refractivity contribution in [1.82, 2.24) is 0 Å². The lowest BCUT2D eigenvalue weighted by Gasteiger charge is -2.17. The Morgan fingerprint density at radius 2 is 1.78 bits per heavy atom. The van der Waals surface area contributed by atoms with E-state index in [1.54, 1.807) is 32.4 Å². The fourth-order valence-electron chi connectivity index (χ4n) is 2.42. The van der Waals surface area contributed by atoms with Crippen molar-refractivity contribution in [3.8, 4) is 11.5 Å². The molecule has 0 saturated carbocycles. The first-order chi connectivity index (χ1) is 11.1. The van der Waals surface area contributed by atoms with Gasteiger partial charge in [-0.2, -0.15) is 0 Å². The molecule has 0 N–H and O–H groups in total. The molecule has 23 heavy (non-hydrogen) atoms. The average Bonchev–Trinajstić information content (AvgIpc) is 2.57. The SMILES string of the molecule is COc1cc(C=C2CSc3ccc(F)cc3C2=O)cc(OC)c1. The molecule has 1 aliphatic heterocycles. The molecule has 0 saturated heterocycles. The first-order valence-corrected chi connectivity index (χ1v) is 8.00. The zero-order valence-electron chi connectivity index (χ0n) is 12.8. The third kappa shape index (κ3) is 3.24. The molecular formula is C18H15FO3S. The number of carbonyl (C=O) groups excluding carboxylic acids is 1. The standard InChI is InChI=1S/C18H15FO3S/c1-21-14-6-11(7-15(9-14)22-2)5-12-10-23-17-4-3-13(19)8-16(17)18(12)20/h3-9H,10H2,1-2H3. The van der Waals surface area contributed by atoms with Crippen molar-refractivity contribution in [2.75, 3.05) is 20.0 Å². The molecule has 2 aromatic rings. The van der Waals surface area contributed by atoms with Gasteiger partial charge in [0.05, 0.1) is 14.2 Å². The number of hydrogen-bond donors (Lipinski definition) is 0. The molecule has 0 radical (unpaired) electrons. The van der Waals surface area contributed by atoms with Crippen LogP contribution in [0.4, 0.5) is 4.39 Å². The third-order valence-electron chi connectivity index (χ3n) is 3.58. The Kier molecular flexibility index (Phi) is 4.39. The van der Waals surface area contributed by atoms with E-state index in [9.17, 15) is 9.18 Å². The number of ether oxygens (including phenoxy) is 2. The monoisotopic (exact) mass is 330 g/mol. The van der Waals surface area contributed by atoms with Crippen molar-refractivity contribution in [3.63, 3.8) is 0 Å². The zero-order valence-corrected chi connectivity index (χ0v) is 13.6. The van der Waals surface area contributed by atoms with Gasteiger partial charge in [0, 0.05) is 27.9 Å². The molecular weight excluding hydrogens is 315 g/mol. The van der Waals surface area contributed by atoms with Gasteiger partial charge in [0.2, 0.25) is 0 Å². The molecule has 0 unspecified atom stereocenters. The minimum atomic E-state index is -0.401. The van der Waals surface area contributed by atoms with Crippen LogP contribution in [0.5, 0.6) is 11.5 Å². The number of Topliss-reactive ketones (excluding diaryl/α,β-unsaturated/α-hetero) is 1. The van der Waals surface area contributed by atoms with E-state index in [4.69, 9.17) is 9.47 Å². The summed E-state index contributed by atoms with van der Waals surface area (Å²) in [5.74, 6) is 1.32. The molecule has 2 aromatic carbocycles. The molecule has 3 nitrogen and oxygen atoms in total. The maximum absolute atomic E-state index is 13.4. The van der Waals surface area contributed by atoms with Crippen molar-refractivity contribution in [2.24, 2.45) is 0 Å². The van der Waals surface area contributed by atoms with Crippen molar-refractivity contribution in [1.29, 1.82) is 0 Å². The van der Waals surface area contributed by atoms with Crippen LogP contribution >= 0.6 is 11.8 Å². The maximum Gasteiger partial charge on any atom is 0.191 e. The van der Waals surface area contributed by atoms with E-state index in [1.165, 1.54) is 23.9 Å². The molecule has 0 aliphatic carbocycles. The zero-order chi connectivity index (χ0) is 16.4. The largest absolute Gasteiger partial charge is 0.497 e. The molecule has 0 amide bonds. The van der Waals surface area contributed by atoms with Gasteiger partial charge in [0.1, 0.15) is 17.3 Å². The Balaban J connectivity index is 1.99. The van der Waals surface area contributed by atoms with Gasteiger partial charge in [-0.05, 0) is 42.0 Å². The third-order valence-corrected chi connectivity index (χ3v) is 4.70. The highest BCUT2D eigenvalue weighted by Crippen LogP contribution is 2.34. The first kappa shape index (κ1) is 15.6. The number of halogens is 1. The molecule has 0 bridgehead atoms. The first-order valence-electron chi connectivity index (χ1n) is 7.01. The van der Waals surface area contributed by atoms with Crippen molar-refractivity contribution in [3.05, 3.63) is 58.9 Å². The van der Waals surface area contributed by atoms with Crippen LogP contribution in [0.1, 0.15) is 15.9 Å². The number of ketones is 1. The minimum Gasteiger partial charge on any atom is -0.497 e. The summed E-state index contributed by atoms with van der Waals surface area (Å²) in [6, 6.07) is 9.75. The molecule has 0 spiro atoms. The Morgan fingerprint density at radius 3 is 2.43 bits per heavy atom. The van der Waals surface area contributed by atoms with E-state index >= 15 is 0 Å². The number of fused-ring (bicyclic) bond motifs is 1. The van der Waals surface area contributed by atoms with E-state index < -0.39 is 5.82 Å². The van der Waals surface area contributed by atoms with Gasteiger partial charge >= 0.3 is 0 Å². The van der Waals surface area contributed by atoms with Crippen LogP contribution in [0, 0.1) is 5.82 Å². The molecule has 118 valence electrons. The highest BCUT2D eigenvalue weighted by Gasteiger charge is 2.23. The molecule has 0 fully saturated rings. The number of hydrogen-bond acceptors (Lipinski definition) is 4. The molecule has 0 aromatic heterocycles. The summed E-state index contributed by atoms with van der Waals surface area (Å²) in [6.45, 7) is 0. The number of methoxy groups -OCH3 is 2. The van der Waals surface area contributed by atoms with E-state index in [0.29, 0.717) is 28.4 Å². The summed E-state index contributed by atoms with van der Waals surface area (Å²) in [5, 5.41) is 0. The van der Waals surface area contributed by atoms with Gasteiger partial charge in [-0.25, -0.2) is 4.39 Å². The Labute approximate surface area is 138 Å². The second kappa shape index (κ2) is 6.46. The smallest absolute Gasteiger partial charge is 0.191 e. The second-order valence-electron chi connectivity index (χ2n) is 5.07. The van der Waals surface area contributed by atoms with Crippen LogP contribution in [0.2, 0.25) is 0 Å². The average molecular weight is 330 g/mol. The number of rotatable bonds is 3. The van der Waals surface area contributed by atoms with Gasteiger partial charge in [-0.3, -0.25) is 4.79 Å². The van der Waals surface area contributed by atoms with E-state index in [-0.39, 0.29) is 5.78 Å². The lowest BCUT2D eigenvalue weighted by atomic mass is 10.0. The summed E-state index contributed by atoms with van der Waals surface area (Å²) >= 11 is 1.53. The Bertz CT molecular complexity index is 777. The fraction of sp³-hybridized carbons (Fsp3) is 0.167. The number of benzene rings is 2. The van der Waals surface area contributed by atoms with E-state index in [0.717, 1.165) is 10.5 Å². The van der Waals surface area contributed by atoms with Gasteiger partial charge in [-0.15, -0.1) is 11.8 Å². The summed E-state index contributed by atoms with van der Waals surface area (Å²) < 4.78 is 23.9. The second-order valence-corrected chi connectivity index (χ2v) is 6.09. The number of thioether (sulfide) groups is 1. The van der Waals surface area contributed by atoms with E-state index in [1.807, 2.05) is 12.1 Å². The van der Waals surface area contributed by atoms with Gasteiger partial charge in [0.25, 0.3) is 0 Å². The molecule has 0 atom stereocenters. The summed E-state index contributed by atoms with van der Waals surface area (Å²) in [6.07, 6.45) is 1.80. The van der Waals surface area contributed by atoms with E-state index in [2.05, 4.69) is 0 Å². The lowest BCUT2D eigenvalue weighted by molar-refractivity contribution is 0.103. The maximum atomic E-state index is 13.4.